The molecule has 17 heavy (non-hydrogen) atoms. The van der Waals surface area contributed by atoms with Gasteiger partial charge in [0, 0.05) is 6.54 Å². The van der Waals surface area contributed by atoms with Crippen LogP contribution in [0.1, 0.15) is 36.8 Å². The Morgan fingerprint density at radius 3 is 2.65 bits per heavy atom. The fourth-order valence-corrected chi connectivity index (χ4v) is 2.80. The predicted octanol–water partition coefficient (Wildman–Crippen LogP) is 1.46. The van der Waals surface area contributed by atoms with Crippen LogP contribution in [0.3, 0.4) is 0 Å². The predicted molar refractivity (Wildman–Crippen MR) is 70.0 cm³/mol. The highest BCUT2D eigenvalue weighted by atomic mass is 32.2. The molecule has 1 aliphatic carbocycles. The number of anilines is 1. The van der Waals surface area contributed by atoms with Crippen LogP contribution in [0.15, 0.2) is 4.40 Å². The average molecular weight is 249 g/mol. The Bertz CT molecular complexity index is 485. The van der Waals surface area contributed by atoms with E-state index in [4.69, 9.17) is 10.7 Å². The molecule has 0 atom stereocenters. The van der Waals surface area contributed by atoms with Gasteiger partial charge in [-0.05, 0) is 32.6 Å². The Morgan fingerprint density at radius 2 is 1.94 bits per heavy atom. The van der Waals surface area contributed by atoms with E-state index >= 15 is 0 Å². The van der Waals surface area contributed by atoms with Gasteiger partial charge < -0.3 is 5.73 Å². The molecule has 2 N–H and O–H groups in total. The minimum Gasteiger partial charge on any atom is -0.381 e. The van der Waals surface area contributed by atoms with E-state index in [2.05, 4.69) is 16.3 Å². The van der Waals surface area contributed by atoms with Crippen LogP contribution in [-0.4, -0.2) is 22.3 Å². The van der Waals surface area contributed by atoms with Crippen LogP contribution in [0.4, 0.5) is 5.82 Å². The number of aryl methyl sites for hydroxylation is 2. The second-order valence-electron chi connectivity index (χ2n) is 4.25. The van der Waals surface area contributed by atoms with Crippen LogP contribution in [0.25, 0.3) is 0 Å². The van der Waals surface area contributed by atoms with Crippen molar-refractivity contribution in [3.8, 4) is 0 Å². The Labute approximate surface area is 105 Å². The van der Waals surface area contributed by atoms with Gasteiger partial charge in [-0.1, -0.05) is 0 Å². The zero-order valence-electron chi connectivity index (χ0n) is 9.81. The highest BCUT2D eigenvalue weighted by Gasteiger charge is 2.25. The molecule has 2 aliphatic rings. The molecule has 0 bridgehead atoms. The molecular formula is C11H15N5S. The SMILES string of the molecule is CCN1SN=C(N)c2nc3c(nc21)CCCC3. The number of fused-ring (bicyclic) bond motifs is 2. The summed E-state index contributed by atoms with van der Waals surface area (Å²) < 4.78 is 6.24. The molecule has 0 amide bonds. The first-order chi connectivity index (χ1) is 8.29. The molecule has 0 radical (unpaired) electrons. The van der Waals surface area contributed by atoms with Crippen molar-refractivity contribution >= 4 is 23.8 Å². The summed E-state index contributed by atoms with van der Waals surface area (Å²) in [6.07, 6.45) is 4.46. The maximum absolute atomic E-state index is 5.90. The molecule has 1 aromatic heterocycles. The molecule has 0 aromatic carbocycles. The van der Waals surface area contributed by atoms with Crippen molar-refractivity contribution in [1.82, 2.24) is 9.97 Å². The molecular weight excluding hydrogens is 234 g/mol. The molecule has 1 aromatic rings. The number of rotatable bonds is 1. The van der Waals surface area contributed by atoms with Crippen molar-refractivity contribution in [1.29, 1.82) is 0 Å². The van der Waals surface area contributed by atoms with E-state index in [1.807, 2.05) is 4.31 Å². The fraction of sp³-hybridized carbons (Fsp3) is 0.545. The summed E-state index contributed by atoms with van der Waals surface area (Å²) in [4.78, 5) is 9.40. The Balaban J connectivity index is 2.13. The molecule has 0 unspecified atom stereocenters. The first kappa shape index (κ1) is 10.8. The smallest absolute Gasteiger partial charge is 0.170 e. The molecule has 3 rings (SSSR count). The van der Waals surface area contributed by atoms with Crippen LogP contribution in [0.5, 0.6) is 0 Å². The molecule has 0 saturated carbocycles. The number of hydrogen-bond acceptors (Lipinski definition) is 6. The number of nitrogens with two attached hydrogens (primary N) is 1. The first-order valence-electron chi connectivity index (χ1n) is 5.98. The molecule has 6 heteroatoms. The number of aromatic nitrogens is 2. The van der Waals surface area contributed by atoms with Gasteiger partial charge in [-0.3, -0.25) is 4.31 Å². The Hall–Kier alpha value is -1.30. The van der Waals surface area contributed by atoms with E-state index in [0.717, 1.165) is 42.3 Å². The van der Waals surface area contributed by atoms with Crippen LogP contribution in [0, 0.1) is 0 Å². The van der Waals surface area contributed by atoms with E-state index in [1.165, 1.54) is 25.0 Å². The van der Waals surface area contributed by atoms with Crippen LogP contribution < -0.4 is 10.0 Å². The van der Waals surface area contributed by atoms with Gasteiger partial charge in [0.1, 0.15) is 5.69 Å². The van der Waals surface area contributed by atoms with Gasteiger partial charge >= 0.3 is 0 Å². The number of hydrogen-bond donors (Lipinski definition) is 1. The average Bonchev–Trinajstić information content (AvgIpc) is 2.38. The van der Waals surface area contributed by atoms with Crippen LogP contribution in [0.2, 0.25) is 0 Å². The normalized spacial score (nSPS) is 18.4. The van der Waals surface area contributed by atoms with Gasteiger partial charge in [-0.2, -0.15) is 4.40 Å². The van der Waals surface area contributed by atoms with E-state index < -0.39 is 0 Å². The third kappa shape index (κ3) is 1.76. The van der Waals surface area contributed by atoms with Crippen LogP contribution >= 0.6 is 12.1 Å². The highest BCUT2D eigenvalue weighted by Crippen LogP contribution is 2.31. The van der Waals surface area contributed by atoms with Crippen molar-refractivity contribution in [2.45, 2.75) is 32.6 Å². The molecule has 0 spiro atoms. The largest absolute Gasteiger partial charge is 0.381 e. The monoisotopic (exact) mass is 249 g/mol. The van der Waals surface area contributed by atoms with E-state index in [0.29, 0.717) is 5.84 Å². The van der Waals surface area contributed by atoms with E-state index in [1.54, 1.807) is 0 Å². The van der Waals surface area contributed by atoms with Crippen molar-refractivity contribution in [3.63, 3.8) is 0 Å². The second kappa shape index (κ2) is 4.18. The summed E-state index contributed by atoms with van der Waals surface area (Å²) in [5, 5.41) is 0. The van der Waals surface area contributed by atoms with Gasteiger partial charge in [0.25, 0.3) is 0 Å². The summed E-state index contributed by atoms with van der Waals surface area (Å²) in [7, 11) is 0. The lowest BCUT2D eigenvalue weighted by Crippen LogP contribution is -2.29. The van der Waals surface area contributed by atoms with E-state index in [-0.39, 0.29) is 0 Å². The van der Waals surface area contributed by atoms with Gasteiger partial charge in [0.05, 0.1) is 23.5 Å². The van der Waals surface area contributed by atoms with Crippen molar-refractivity contribution < 1.29 is 0 Å². The molecule has 1 aliphatic heterocycles. The zero-order valence-corrected chi connectivity index (χ0v) is 10.6. The van der Waals surface area contributed by atoms with Gasteiger partial charge in [-0.15, -0.1) is 0 Å². The van der Waals surface area contributed by atoms with E-state index in [9.17, 15) is 0 Å². The number of amidine groups is 1. The molecule has 2 heterocycles. The van der Waals surface area contributed by atoms with Crippen LogP contribution in [-0.2, 0) is 12.8 Å². The van der Waals surface area contributed by atoms with Gasteiger partial charge in [0.2, 0.25) is 0 Å². The summed E-state index contributed by atoms with van der Waals surface area (Å²) in [6, 6.07) is 0. The second-order valence-corrected chi connectivity index (χ2v) is 5.04. The minimum atomic E-state index is 0.496. The molecule has 0 fully saturated rings. The fourth-order valence-electron chi connectivity index (χ4n) is 2.21. The molecule has 90 valence electrons. The Morgan fingerprint density at radius 1 is 1.24 bits per heavy atom. The lowest BCUT2D eigenvalue weighted by Gasteiger charge is -2.26. The third-order valence-electron chi connectivity index (χ3n) is 3.11. The lowest BCUT2D eigenvalue weighted by molar-refractivity contribution is 0.648. The Kier molecular flexibility index (Phi) is 2.66. The van der Waals surface area contributed by atoms with Crippen molar-refractivity contribution in [2.75, 3.05) is 10.8 Å². The highest BCUT2D eigenvalue weighted by molar-refractivity contribution is 7.99. The maximum atomic E-state index is 5.90. The quantitative estimate of drug-likeness (QED) is 0.763. The topological polar surface area (TPSA) is 67.4 Å². The third-order valence-corrected chi connectivity index (χ3v) is 4.02. The molecule has 5 nitrogen and oxygen atoms in total. The van der Waals surface area contributed by atoms with Crippen molar-refractivity contribution in [2.24, 2.45) is 10.1 Å². The lowest BCUT2D eigenvalue weighted by atomic mass is 10.0. The van der Waals surface area contributed by atoms with Crippen molar-refractivity contribution in [3.05, 3.63) is 17.1 Å². The van der Waals surface area contributed by atoms with Gasteiger partial charge in [0.15, 0.2) is 11.7 Å². The summed E-state index contributed by atoms with van der Waals surface area (Å²) in [5.41, 5.74) is 8.90. The van der Waals surface area contributed by atoms with Gasteiger partial charge in [-0.25, -0.2) is 9.97 Å². The zero-order chi connectivity index (χ0) is 11.8. The minimum absolute atomic E-state index is 0.496. The standard InChI is InChI=1S/C11H15N5S/c1-2-16-11-9(10(12)15-17-16)13-7-5-3-4-6-8(7)14-11/h2-6H2,1H3,(H2,12,15). The summed E-state index contributed by atoms with van der Waals surface area (Å²) in [5.74, 6) is 1.38. The summed E-state index contributed by atoms with van der Waals surface area (Å²) >= 11 is 1.36. The first-order valence-corrected chi connectivity index (χ1v) is 6.71. The molecule has 0 saturated heterocycles. The maximum Gasteiger partial charge on any atom is 0.170 e. The summed E-state index contributed by atoms with van der Waals surface area (Å²) in [6.45, 7) is 2.93. The number of nitrogens with zero attached hydrogens (tertiary/aromatic N) is 4.